The van der Waals surface area contributed by atoms with Gasteiger partial charge >= 0.3 is 0 Å². The van der Waals surface area contributed by atoms with E-state index in [0.29, 0.717) is 23.6 Å². The van der Waals surface area contributed by atoms with E-state index in [1.165, 1.54) is 5.56 Å². The molecular formula is C19H23N3O2. The Bertz CT molecular complexity index is 698. The summed E-state index contributed by atoms with van der Waals surface area (Å²) in [6.07, 6.45) is 3.82. The number of piperidine rings is 1. The fourth-order valence-electron chi connectivity index (χ4n) is 3.90. The van der Waals surface area contributed by atoms with Crippen molar-refractivity contribution < 1.29 is 9.32 Å². The first kappa shape index (κ1) is 15.4. The Labute approximate surface area is 142 Å². The molecule has 2 aliphatic rings. The number of hydrogen-bond donors (Lipinski definition) is 0. The second-order valence-corrected chi connectivity index (χ2v) is 7.06. The lowest BCUT2D eigenvalue weighted by molar-refractivity contribution is -0.140. The van der Waals surface area contributed by atoms with E-state index in [2.05, 4.69) is 34.4 Å². The van der Waals surface area contributed by atoms with Gasteiger partial charge in [0.15, 0.2) is 5.82 Å². The van der Waals surface area contributed by atoms with Gasteiger partial charge in [-0.15, -0.1) is 0 Å². The maximum absolute atomic E-state index is 12.7. The Morgan fingerprint density at radius 2 is 1.83 bits per heavy atom. The van der Waals surface area contributed by atoms with Gasteiger partial charge in [0, 0.05) is 24.9 Å². The van der Waals surface area contributed by atoms with Crippen molar-refractivity contribution in [2.24, 2.45) is 5.92 Å². The van der Waals surface area contributed by atoms with Gasteiger partial charge in [-0.05, 0) is 44.1 Å². The zero-order valence-electron chi connectivity index (χ0n) is 14.0. The molecule has 4 rings (SSSR count). The molecule has 0 N–H and O–H groups in total. The number of likely N-dealkylation sites (tertiary alicyclic amines) is 1. The van der Waals surface area contributed by atoms with Crippen LogP contribution in [0.4, 0.5) is 0 Å². The van der Waals surface area contributed by atoms with E-state index < -0.39 is 0 Å². The molecule has 2 heterocycles. The van der Waals surface area contributed by atoms with E-state index in [-0.39, 0.29) is 5.92 Å². The van der Waals surface area contributed by atoms with E-state index in [1.807, 2.05) is 17.9 Å². The van der Waals surface area contributed by atoms with E-state index in [4.69, 9.17) is 4.52 Å². The van der Waals surface area contributed by atoms with Gasteiger partial charge in [-0.3, -0.25) is 4.79 Å². The monoisotopic (exact) mass is 325 g/mol. The molecular weight excluding hydrogens is 302 g/mol. The first-order valence-corrected chi connectivity index (χ1v) is 8.84. The normalized spacial score (nSPS) is 24.6. The van der Waals surface area contributed by atoms with Crippen LogP contribution in [0.15, 0.2) is 34.9 Å². The third-order valence-electron chi connectivity index (χ3n) is 5.46. The van der Waals surface area contributed by atoms with Crippen molar-refractivity contribution in [3.63, 3.8) is 0 Å². The summed E-state index contributed by atoms with van der Waals surface area (Å²) in [4.78, 5) is 19.0. The Hall–Kier alpha value is -2.17. The molecule has 1 aliphatic carbocycles. The number of aryl methyl sites for hydroxylation is 1. The molecule has 0 spiro atoms. The van der Waals surface area contributed by atoms with Crippen LogP contribution in [0.3, 0.4) is 0 Å². The van der Waals surface area contributed by atoms with E-state index in [1.54, 1.807) is 0 Å². The summed E-state index contributed by atoms with van der Waals surface area (Å²) in [7, 11) is 0. The van der Waals surface area contributed by atoms with Crippen LogP contribution >= 0.6 is 0 Å². The fourth-order valence-corrected chi connectivity index (χ4v) is 3.90. The maximum atomic E-state index is 12.7. The number of benzene rings is 1. The Morgan fingerprint density at radius 1 is 1.12 bits per heavy atom. The Balaban J connectivity index is 1.28. The number of carbonyl (C=O) groups is 1. The van der Waals surface area contributed by atoms with Crippen molar-refractivity contribution in [2.75, 3.05) is 13.1 Å². The lowest BCUT2D eigenvalue weighted by Gasteiger charge is -2.40. The summed E-state index contributed by atoms with van der Waals surface area (Å²) >= 11 is 0. The minimum atomic E-state index is 0.206. The van der Waals surface area contributed by atoms with Crippen LogP contribution in [0, 0.1) is 12.8 Å². The van der Waals surface area contributed by atoms with Crippen molar-refractivity contribution in [2.45, 2.75) is 44.4 Å². The molecule has 0 atom stereocenters. The van der Waals surface area contributed by atoms with Crippen molar-refractivity contribution in [1.29, 1.82) is 0 Å². The number of carbonyl (C=O) groups excluding carboxylic acids is 1. The van der Waals surface area contributed by atoms with Gasteiger partial charge in [0.25, 0.3) is 0 Å². The van der Waals surface area contributed by atoms with Crippen LogP contribution in [-0.2, 0) is 4.79 Å². The summed E-state index contributed by atoms with van der Waals surface area (Å²) in [5.41, 5.74) is 1.37. The molecule has 0 bridgehead atoms. The molecule has 1 aromatic carbocycles. The predicted octanol–water partition coefficient (Wildman–Crippen LogP) is 3.28. The van der Waals surface area contributed by atoms with Crippen molar-refractivity contribution in [3.8, 4) is 0 Å². The molecule has 126 valence electrons. The SMILES string of the molecule is Cc1noc(C2CCN(C(=O)C3CC(c4ccccc4)C3)CC2)n1. The molecule has 0 unspecified atom stereocenters. The third kappa shape index (κ3) is 2.95. The van der Waals surface area contributed by atoms with Gasteiger partial charge in [-0.25, -0.2) is 0 Å². The second-order valence-electron chi connectivity index (χ2n) is 7.06. The van der Waals surface area contributed by atoms with E-state index >= 15 is 0 Å². The first-order valence-electron chi connectivity index (χ1n) is 8.84. The van der Waals surface area contributed by atoms with E-state index in [9.17, 15) is 4.79 Å². The molecule has 1 aromatic heterocycles. The fraction of sp³-hybridized carbons (Fsp3) is 0.526. The molecule has 24 heavy (non-hydrogen) atoms. The maximum Gasteiger partial charge on any atom is 0.229 e. The molecule has 5 nitrogen and oxygen atoms in total. The van der Waals surface area contributed by atoms with Gasteiger partial charge < -0.3 is 9.42 Å². The first-order chi connectivity index (χ1) is 11.7. The number of rotatable bonds is 3. The van der Waals surface area contributed by atoms with Crippen LogP contribution in [-0.4, -0.2) is 34.0 Å². The van der Waals surface area contributed by atoms with Gasteiger partial charge in [0.1, 0.15) is 0 Å². The van der Waals surface area contributed by atoms with Crippen LogP contribution in [0.25, 0.3) is 0 Å². The highest BCUT2D eigenvalue weighted by molar-refractivity contribution is 5.80. The summed E-state index contributed by atoms with van der Waals surface area (Å²) in [5.74, 6) is 2.81. The molecule has 1 saturated heterocycles. The Kier molecular flexibility index (Phi) is 4.08. The van der Waals surface area contributed by atoms with Crippen LogP contribution in [0.5, 0.6) is 0 Å². The van der Waals surface area contributed by atoms with Crippen LogP contribution in [0.1, 0.15) is 54.8 Å². The highest BCUT2D eigenvalue weighted by Gasteiger charge is 2.38. The summed E-state index contributed by atoms with van der Waals surface area (Å²) in [6, 6.07) is 10.5. The average molecular weight is 325 g/mol. The minimum absolute atomic E-state index is 0.206. The van der Waals surface area contributed by atoms with Crippen LogP contribution < -0.4 is 0 Å². The summed E-state index contributed by atoms with van der Waals surface area (Å²) < 4.78 is 5.28. The predicted molar refractivity (Wildman–Crippen MR) is 89.5 cm³/mol. The van der Waals surface area contributed by atoms with Crippen molar-refractivity contribution in [1.82, 2.24) is 15.0 Å². The van der Waals surface area contributed by atoms with Crippen molar-refractivity contribution >= 4 is 5.91 Å². The van der Waals surface area contributed by atoms with Crippen molar-refractivity contribution in [3.05, 3.63) is 47.6 Å². The molecule has 0 radical (unpaired) electrons. The highest BCUT2D eigenvalue weighted by atomic mass is 16.5. The third-order valence-corrected chi connectivity index (χ3v) is 5.46. The molecule has 1 aliphatic heterocycles. The molecule has 2 fully saturated rings. The topological polar surface area (TPSA) is 59.2 Å². The standard InChI is InChI=1S/C19H23N3O2/c1-13-20-18(24-21-13)15-7-9-22(10-8-15)19(23)17-11-16(12-17)14-5-3-2-4-6-14/h2-6,15-17H,7-12H2,1H3. The minimum Gasteiger partial charge on any atom is -0.342 e. The van der Waals surface area contributed by atoms with Gasteiger partial charge in [0.05, 0.1) is 0 Å². The van der Waals surface area contributed by atoms with E-state index in [0.717, 1.165) is 44.7 Å². The quantitative estimate of drug-likeness (QED) is 0.869. The van der Waals surface area contributed by atoms with Crippen LogP contribution in [0.2, 0.25) is 0 Å². The lowest BCUT2D eigenvalue weighted by Crippen LogP contribution is -2.44. The highest BCUT2D eigenvalue weighted by Crippen LogP contribution is 2.43. The molecule has 1 saturated carbocycles. The second kappa shape index (κ2) is 6.38. The van der Waals surface area contributed by atoms with Gasteiger partial charge in [-0.1, -0.05) is 35.5 Å². The smallest absolute Gasteiger partial charge is 0.229 e. The average Bonchev–Trinajstić information content (AvgIpc) is 3.01. The number of nitrogens with zero attached hydrogens (tertiary/aromatic N) is 3. The number of hydrogen-bond acceptors (Lipinski definition) is 4. The number of aromatic nitrogens is 2. The van der Waals surface area contributed by atoms with Gasteiger partial charge in [0.2, 0.25) is 11.8 Å². The largest absolute Gasteiger partial charge is 0.342 e. The molecule has 2 aromatic rings. The zero-order valence-corrected chi connectivity index (χ0v) is 14.0. The molecule has 1 amide bonds. The Morgan fingerprint density at radius 3 is 2.46 bits per heavy atom. The lowest BCUT2D eigenvalue weighted by atomic mass is 9.70. The number of amides is 1. The molecule has 5 heteroatoms. The van der Waals surface area contributed by atoms with Gasteiger partial charge in [-0.2, -0.15) is 4.98 Å². The summed E-state index contributed by atoms with van der Waals surface area (Å²) in [5, 5.41) is 3.87. The summed E-state index contributed by atoms with van der Waals surface area (Å²) in [6.45, 7) is 3.44. The zero-order chi connectivity index (χ0) is 16.5.